The monoisotopic (exact) mass is 318 g/mol. The predicted octanol–water partition coefficient (Wildman–Crippen LogP) is 2.97. The van der Waals surface area contributed by atoms with Gasteiger partial charge in [-0.15, -0.1) is 0 Å². The molecular formula is C9H7IN2OS. The first-order valence-corrected chi connectivity index (χ1v) is 6.03. The average Bonchev–Trinajstić information content (AvgIpc) is 2.69. The lowest BCUT2D eigenvalue weighted by Crippen LogP contribution is -1.87. The van der Waals surface area contributed by atoms with Crippen molar-refractivity contribution in [1.82, 2.24) is 9.97 Å². The number of aromatic nitrogens is 2. The molecule has 0 saturated carbocycles. The first-order valence-electron chi connectivity index (χ1n) is 3.97. The van der Waals surface area contributed by atoms with E-state index in [1.807, 2.05) is 12.1 Å². The third kappa shape index (κ3) is 2.48. The van der Waals surface area contributed by atoms with E-state index in [-0.39, 0.29) is 0 Å². The van der Waals surface area contributed by atoms with Gasteiger partial charge >= 0.3 is 0 Å². The zero-order chi connectivity index (χ0) is 9.80. The van der Waals surface area contributed by atoms with E-state index in [4.69, 9.17) is 4.42 Å². The Morgan fingerprint density at radius 1 is 1.50 bits per heavy atom. The molecule has 2 heterocycles. The Bertz CT molecular complexity index is 405. The van der Waals surface area contributed by atoms with Crippen LogP contribution in [0.15, 0.2) is 40.4 Å². The highest BCUT2D eigenvalue weighted by Gasteiger charge is 2.03. The van der Waals surface area contributed by atoms with E-state index in [0.29, 0.717) is 0 Å². The lowest BCUT2D eigenvalue weighted by atomic mass is 10.5. The molecule has 0 radical (unpaired) electrons. The van der Waals surface area contributed by atoms with Crippen molar-refractivity contribution in [2.45, 2.75) is 10.8 Å². The Hall–Kier alpha value is -0.560. The van der Waals surface area contributed by atoms with Crippen LogP contribution in [0.25, 0.3) is 0 Å². The molecular weight excluding hydrogens is 311 g/mol. The zero-order valence-electron chi connectivity index (χ0n) is 7.18. The van der Waals surface area contributed by atoms with Crippen molar-refractivity contribution in [2.75, 3.05) is 0 Å². The Morgan fingerprint density at radius 3 is 3.14 bits per heavy atom. The molecule has 0 aliphatic heterocycles. The first kappa shape index (κ1) is 9.97. The summed E-state index contributed by atoms with van der Waals surface area (Å²) in [6.07, 6.45) is 5.05. The molecule has 3 nitrogen and oxygen atoms in total. The van der Waals surface area contributed by atoms with Crippen molar-refractivity contribution in [1.29, 1.82) is 0 Å². The molecule has 0 bridgehead atoms. The molecule has 0 aromatic carbocycles. The summed E-state index contributed by atoms with van der Waals surface area (Å²) in [5.74, 6) is 1.77. The fourth-order valence-electron chi connectivity index (χ4n) is 0.942. The van der Waals surface area contributed by atoms with Crippen LogP contribution in [0.4, 0.5) is 0 Å². The molecule has 0 aliphatic carbocycles. The van der Waals surface area contributed by atoms with Crippen molar-refractivity contribution in [2.24, 2.45) is 0 Å². The highest BCUT2D eigenvalue weighted by Crippen LogP contribution is 2.24. The summed E-state index contributed by atoms with van der Waals surface area (Å²) < 4.78 is 6.30. The van der Waals surface area contributed by atoms with Gasteiger partial charge in [0, 0.05) is 6.20 Å². The first-order chi connectivity index (χ1) is 6.86. The highest BCUT2D eigenvalue weighted by molar-refractivity contribution is 14.1. The smallest absolute Gasteiger partial charge is 0.116 e. The Balaban J connectivity index is 2.02. The number of thioether (sulfide) groups is 1. The topological polar surface area (TPSA) is 38.9 Å². The highest BCUT2D eigenvalue weighted by atomic mass is 127. The molecule has 2 aromatic heterocycles. The predicted molar refractivity (Wildman–Crippen MR) is 63.0 cm³/mol. The fourth-order valence-corrected chi connectivity index (χ4v) is 2.46. The van der Waals surface area contributed by atoms with Crippen LogP contribution in [0.1, 0.15) is 5.76 Å². The summed E-state index contributed by atoms with van der Waals surface area (Å²) in [4.78, 5) is 8.11. The molecule has 0 atom stereocenters. The molecule has 72 valence electrons. The standard InChI is InChI=1S/C9H7IN2OS/c10-8-4-11-6-12-9(8)14-5-7-2-1-3-13-7/h1-4,6H,5H2. The number of hydrogen-bond donors (Lipinski definition) is 0. The van der Waals surface area contributed by atoms with Crippen molar-refractivity contribution >= 4 is 34.4 Å². The molecule has 2 rings (SSSR count). The molecule has 0 N–H and O–H groups in total. The van der Waals surface area contributed by atoms with E-state index in [2.05, 4.69) is 32.6 Å². The van der Waals surface area contributed by atoms with Crippen molar-refractivity contribution < 1.29 is 4.42 Å². The van der Waals surface area contributed by atoms with Crippen LogP contribution >= 0.6 is 34.4 Å². The summed E-state index contributed by atoms with van der Waals surface area (Å²) in [7, 11) is 0. The zero-order valence-corrected chi connectivity index (χ0v) is 10.2. The Morgan fingerprint density at radius 2 is 2.43 bits per heavy atom. The van der Waals surface area contributed by atoms with Gasteiger partial charge in [0.15, 0.2) is 0 Å². The SMILES string of the molecule is Ic1cncnc1SCc1ccco1. The van der Waals surface area contributed by atoms with Crippen molar-refractivity contribution in [3.05, 3.63) is 40.3 Å². The van der Waals surface area contributed by atoms with Gasteiger partial charge < -0.3 is 4.42 Å². The molecule has 0 spiro atoms. The van der Waals surface area contributed by atoms with E-state index in [0.717, 1.165) is 20.1 Å². The van der Waals surface area contributed by atoms with Crippen LogP contribution in [-0.4, -0.2) is 9.97 Å². The lowest BCUT2D eigenvalue weighted by Gasteiger charge is -1.99. The molecule has 0 saturated heterocycles. The number of nitrogens with zero attached hydrogens (tertiary/aromatic N) is 2. The van der Waals surface area contributed by atoms with Gasteiger partial charge in [0.25, 0.3) is 0 Å². The second kappa shape index (κ2) is 4.79. The Labute approximate surface area is 99.5 Å². The molecule has 0 aliphatic rings. The summed E-state index contributed by atoms with van der Waals surface area (Å²) in [6.45, 7) is 0. The van der Waals surface area contributed by atoms with E-state index in [9.17, 15) is 0 Å². The molecule has 0 fully saturated rings. The van der Waals surface area contributed by atoms with Gasteiger partial charge in [-0.2, -0.15) is 0 Å². The maximum atomic E-state index is 5.23. The minimum absolute atomic E-state index is 0.806. The summed E-state index contributed by atoms with van der Waals surface area (Å²) in [6, 6.07) is 3.85. The Kier molecular flexibility index (Phi) is 3.41. The van der Waals surface area contributed by atoms with Crippen LogP contribution in [0.3, 0.4) is 0 Å². The number of furan rings is 1. The third-order valence-electron chi connectivity index (χ3n) is 1.57. The minimum Gasteiger partial charge on any atom is -0.468 e. The number of hydrogen-bond acceptors (Lipinski definition) is 4. The molecule has 0 unspecified atom stereocenters. The van der Waals surface area contributed by atoms with Crippen molar-refractivity contribution in [3.8, 4) is 0 Å². The molecule has 14 heavy (non-hydrogen) atoms. The van der Waals surface area contributed by atoms with Gasteiger partial charge in [0.05, 0.1) is 15.6 Å². The van der Waals surface area contributed by atoms with Gasteiger partial charge in [-0.05, 0) is 34.7 Å². The minimum atomic E-state index is 0.806. The fraction of sp³-hybridized carbons (Fsp3) is 0.111. The second-order valence-corrected chi connectivity index (χ2v) is 4.67. The van der Waals surface area contributed by atoms with E-state index >= 15 is 0 Å². The van der Waals surface area contributed by atoms with Crippen LogP contribution < -0.4 is 0 Å². The van der Waals surface area contributed by atoms with Gasteiger partial charge in [-0.1, -0.05) is 11.8 Å². The summed E-state index contributed by atoms with van der Waals surface area (Å²) in [5.41, 5.74) is 0. The van der Waals surface area contributed by atoms with E-state index < -0.39 is 0 Å². The summed E-state index contributed by atoms with van der Waals surface area (Å²) >= 11 is 3.88. The van der Waals surface area contributed by atoms with Crippen LogP contribution in [0, 0.1) is 3.57 Å². The lowest BCUT2D eigenvalue weighted by molar-refractivity contribution is 0.530. The van der Waals surface area contributed by atoms with E-state index in [1.54, 1.807) is 30.5 Å². The molecule has 5 heteroatoms. The quantitative estimate of drug-likeness (QED) is 0.495. The van der Waals surface area contributed by atoms with Gasteiger partial charge in [-0.3, -0.25) is 0 Å². The number of rotatable bonds is 3. The summed E-state index contributed by atoms with van der Waals surface area (Å²) in [5, 5.41) is 0.997. The largest absolute Gasteiger partial charge is 0.468 e. The van der Waals surface area contributed by atoms with Crippen LogP contribution in [0.5, 0.6) is 0 Å². The second-order valence-electron chi connectivity index (χ2n) is 2.54. The maximum absolute atomic E-state index is 5.23. The average molecular weight is 318 g/mol. The third-order valence-corrected chi connectivity index (χ3v) is 3.75. The molecule has 0 amide bonds. The maximum Gasteiger partial charge on any atom is 0.116 e. The van der Waals surface area contributed by atoms with Crippen LogP contribution in [0.2, 0.25) is 0 Å². The van der Waals surface area contributed by atoms with Crippen LogP contribution in [-0.2, 0) is 5.75 Å². The van der Waals surface area contributed by atoms with Gasteiger partial charge in [-0.25, -0.2) is 9.97 Å². The van der Waals surface area contributed by atoms with Gasteiger partial charge in [0.1, 0.15) is 17.1 Å². The normalized spacial score (nSPS) is 10.4. The van der Waals surface area contributed by atoms with E-state index in [1.165, 1.54) is 0 Å². The molecule has 2 aromatic rings. The number of halogens is 1. The van der Waals surface area contributed by atoms with Crippen molar-refractivity contribution in [3.63, 3.8) is 0 Å². The van der Waals surface area contributed by atoms with Gasteiger partial charge in [0.2, 0.25) is 0 Å².